The van der Waals surface area contributed by atoms with Gasteiger partial charge in [-0.15, -0.1) is 0 Å². The van der Waals surface area contributed by atoms with Crippen LogP contribution in [0.1, 0.15) is 24.1 Å². The van der Waals surface area contributed by atoms with Gasteiger partial charge in [0.25, 0.3) is 0 Å². The SMILES string of the molecule is COc1ccc(NC(=S)N(Cc2ccccc2)[C@@H](C)c2ccccc2)cc1. The summed E-state index contributed by atoms with van der Waals surface area (Å²) in [5, 5.41) is 4.06. The van der Waals surface area contributed by atoms with Crippen molar-refractivity contribution in [3.05, 3.63) is 96.1 Å². The molecule has 0 heterocycles. The highest BCUT2D eigenvalue weighted by atomic mass is 32.1. The molecule has 3 rings (SSSR count). The smallest absolute Gasteiger partial charge is 0.174 e. The second-order valence-electron chi connectivity index (χ2n) is 6.36. The van der Waals surface area contributed by atoms with Gasteiger partial charge >= 0.3 is 0 Å². The summed E-state index contributed by atoms with van der Waals surface area (Å²) < 4.78 is 5.23. The quantitative estimate of drug-likeness (QED) is 0.561. The van der Waals surface area contributed by atoms with Crippen LogP contribution in [0.4, 0.5) is 5.69 Å². The first kappa shape index (κ1) is 18.9. The number of nitrogens with one attached hydrogen (secondary N) is 1. The van der Waals surface area contributed by atoms with Crippen LogP contribution in [0.3, 0.4) is 0 Å². The van der Waals surface area contributed by atoms with Crippen molar-refractivity contribution < 1.29 is 4.74 Å². The molecule has 0 unspecified atom stereocenters. The molecule has 27 heavy (non-hydrogen) atoms. The Hall–Kier alpha value is -2.85. The Morgan fingerprint density at radius 2 is 1.52 bits per heavy atom. The van der Waals surface area contributed by atoms with Crippen LogP contribution >= 0.6 is 12.2 Å². The molecular weight excluding hydrogens is 352 g/mol. The molecule has 0 aliphatic carbocycles. The molecule has 0 aromatic heterocycles. The highest BCUT2D eigenvalue weighted by molar-refractivity contribution is 7.80. The van der Waals surface area contributed by atoms with Crippen molar-refractivity contribution in [2.75, 3.05) is 12.4 Å². The zero-order valence-electron chi connectivity index (χ0n) is 15.6. The summed E-state index contributed by atoms with van der Waals surface area (Å²) >= 11 is 5.78. The van der Waals surface area contributed by atoms with Gasteiger partial charge in [-0.05, 0) is 54.5 Å². The molecule has 0 bridgehead atoms. The number of benzene rings is 3. The average Bonchev–Trinajstić information content (AvgIpc) is 2.73. The van der Waals surface area contributed by atoms with E-state index < -0.39 is 0 Å². The Bertz CT molecular complexity index is 851. The minimum atomic E-state index is 0.143. The van der Waals surface area contributed by atoms with E-state index >= 15 is 0 Å². The average molecular weight is 377 g/mol. The van der Waals surface area contributed by atoms with Gasteiger partial charge in [0.2, 0.25) is 0 Å². The van der Waals surface area contributed by atoms with Gasteiger partial charge in [-0.25, -0.2) is 0 Å². The van der Waals surface area contributed by atoms with Crippen molar-refractivity contribution in [1.82, 2.24) is 4.90 Å². The molecule has 0 saturated heterocycles. The van der Waals surface area contributed by atoms with Crippen LogP contribution in [-0.2, 0) is 6.54 Å². The van der Waals surface area contributed by atoms with Crippen LogP contribution in [0.5, 0.6) is 5.75 Å². The zero-order chi connectivity index (χ0) is 19.1. The van der Waals surface area contributed by atoms with E-state index in [2.05, 4.69) is 65.7 Å². The van der Waals surface area contributed by atoms with Crippen LogP contribution in [0.2, 0.25) is 0 Å². The normalized spacial score (nSPS) is 11.5. The number of methoxy groups -OCH3 is 1. The van der Waals surface area contributed by atoms with Crippen molar-refractivity contribution in [2.24, 2.45) is 0 Å². The van der Waals surface area contributed by atoms with Crippen LogP contribution in [0.25, 0.3) is 0 Å². The summed E-state index contributed by atoms with van der Waals surface area (Å²) in [6.07, 6.45) is 0. The Morgan fingerprint density at radius 1 is 0.926 bits per heavy atom. The lowest BCUT2D eigenvalue weighted by atomic mass is 10.1. The van der Waals surface area contributed by atoms with E-state index in [0.717, 1.165) is 18.0 Å². The predicted molar refractivity (Wildman–Crippen MR) is 116 cm³/mol. The first-order chi connectivity index (χ1) is 13.2. The molecule has 0 spiro atoms. The largest absolute Gasteiger partial charge is 0.497 e. The number of rotatable bonds is 6. The van der Waals surface area contributed by atoms with Crippen molar-refractivity contribution in [1.29, 1.82) is 0 Å². The van der Waals surface area contributed by atoms with Crippen molar-refractivity contribution in [3.63, 3.8) is 0 Å². The molecule has 0 radical (unpaired) electrons. The molecular formula is C23H24N2OS. The van der Waals surface area contributed by atoms with E-state index in [1.807, 2.05) is 36.4 Å². The van der Waals surface area contributed by atoms with Crippen molar-refractivity contribution in [3.8, 4) is 5.75 Å². The third-order valence-electron chi connectivity index (χ3n) is 4.55. The second kappa shape index (κ2) is 9.19. The van der Waals surface area contributed by atoms with Gasteiger partial charge in [0, 0.05) is 12.2 Å². The monoisotopic (exact) mass is 376 g/mol. The lowest BCUT2D eigenvalue weighted by Gasteiger charge is -2.32. The lowest BCUT2D eigenvalue weighted by molar-refractivity contribution is 0.334. The van der Waals surface area contributed by atoms with Crippen LogP contribution < -0.4 is 10.1 Å². The van der Waals surface area contributed by atoms with Crippen molar-refractivity contribution in [2.45, 2.75) is 19.5 Å². The number of ether oxygens (including phenoxy) is 1. The summed E-state index contributed by atoms with van der Waals surface area (Å²) in [7, 11) is 1.66. The molecule has 3 aromatic carbocycles. The van der Waals surface area contributed by atoms with E-state index in [4.69, 9.17) is 17.0 Å². The molecule has 0 amide bonds. The molecule has 0 saturated carbocycles. The minimum Gasteiger partial charge on any atom is -0.497 e. The Morgan fingerprint density at radius 3 is 2.11 bits per heavy atom. The molecule has 0 fully saturated rings. The van der Waals surface area contributed by atoms with Crippen molar-refractivity contribution >= 4 is 23.0 Å². The van der Waals surface area contributed by atoms with E-state index in [9.17, 15) is 0 Å². The molecule has 3 aromatic rings. The molecule has 138 valence electrons. The highest BCUT2D eigenvalue weighted by Gasteiger charge is 2.19. The van der Waals surface area contributed by atoms with E-state index in [1.165, 1.54) is 11.1 Å². The topological polar surface area (TPSA) is 24.5 Å². The Kier molecular flexibility index (Phi) is 6.44. The molecule has 3 nitrogen and oxygen atoms in total. The van der Waals surface area contributed by atoms with Crippen LogP contribution in [-0.4, -0.2) is 17.1 Å². The third kappa shape index (κ3) is 5.08. The van der Waals surface area contributed by atoms with Gasteiger partial charge in [0.1, 0.15) is 5.75 Å². The first-order valence-electron chi connectivity index (χ1n) is 8.98. The maximum atomic E-state index is 5.78. The van der Waals surface area contributed by atoms with Gasteiger partial charge in [-0.2, -0.15) is 0 Å². The number of nitrogens with zero attached hydrogens (tertiary/aromatic N) is 1. The fraction of sp³-hybridized carbons (Fsp3) is 0.174. The zero-order valence-corrected chi connectivity index (χ0v) is 16.4. The number of anilines is 1. The van der Waals surface area contributed by atoms with Gasteiger partial charge in [0.15, 0.2) is 5.11 Å². The Balaban J connectivity index is 1.82. The molecule has 0 aliphatic heterocycles. The third-order valence-corrected chi connectivity index (χ3v) is 4.88. The number of hydrogen-bond donors (Lipinski definition) is 1. The fourth-order valence-electron chi connectivity index (χ4n) is 2.95. The van der Waals surface area contributed by atoms with E-state index in [0.29, 0.717) is 5.11 Å². The van der Waals surface area contributed by atoms with Crippen LogP contribution in [0, 0.1) is 0 Å². The van der Waals surface area contributed by atoms with E-state index in [-0.39, 0.29) is 6.04 Å². The maximum absolute atomic E-state index is 5.78. The fourth-order valence-corrected chi connectivity index (χ4v) is 3.29. The summed E-state index contributed by atoms with van der Waals surface area (Å²) in [5.74, 6) is 0.824. The van der Waals surface area contributed by atoms with Gasteiger partial charge < -0.3 is 15.0 Å². The number of hydrogen-bond acceptors (Lipinski definition) is 2. The second-order valence-corrected chi connectivity index (χ2v) is 6.75. The predicted octanol–water partition coefficient (Wildman–Crippen LogP) is 5.66. The first-order valence-corrected chi connectivity index (χ1v) is 9.39. The maximum Gasteiger partial charge on any atom is 0.174 e. The molecule has 1 atom stereocenters. The van der Waals surface area contributed by atoms with E-state index in [1.54, 1.807) is 7.11 Å². The standard InChI is InChI=1S/C23H24N2OS/c1-18(20-11-7-4-8-12-20)25(17-19-9-5-3-6-10-19)23(27)24-21-13-15-22(26-2)16-14-21/h3-16,18H,17H2,1-2H3,(H,24,27)/t18-/m0/s1. The minimum absolute atomic E-state index is 0.143. The summed E-state index contributed by atoms with van der Waals surface area (Å²) in [5.41, 5.74) is 3.39. The van der Waals surface area contributed by atoms with Gasteiger partial charge in [0.05, 0.1) is 13.2 Å². The molecule has 1 N–H and O–H groups in total. The molecule has 4 heteroatoms. The lowest BCUT2D eigenvalue weighted by Crippen LogP contribution is -2.36. The summed E-state index contributed by atoms with van der Waals surface area (Å²) in [6.45, 7) is 2.92. The van der Waals surface area contributed by atoms with Gasteiger partial charge in [-0.1, -0.05) is 60.7 Å². The Labute approximate surface area is 166 Å². The summed E-state index contributed by atoms with van der Waals surface area (Å²) in [4.78, 5) is 2.21. The molecule has 0 aliphatic rings. The summed E-state index contributed by atoms with van der Waals surface area (Å²) in [6, 6.07) is 28.8. The van der Waals surface area contributed by atoms with Gasteiger partial charge in [-0.3, -0.25) is 0 Å². The number of thiocarbonyl (C=S) groups is 1. The van der Waals surface area contributed by atoms with Crippen LogP contribution in [0.15, 0.2) is 84.9 Å². The highest BCUT2D eigenvalue weighted by Crippen LogP contribution is 2.24.